The predicted octanol–water partition coefficient (Wildman–Crippen LogP) is 1.99. The normalized spacial score (nSPS) is 11.8. The molecule has 2 N–H and O–H groups in total. The number of aromatic nitrogens is 3. The van der Waals surface area contributed by atoms with Gasteiger partial charge in [0.05, 0.1) is 4.53 Å². The van der Waals surface area contributed by atoms with Crippen LogP contribution < -0.4 is 20.6 Å². The van der Waals surface area contributed by atoms with E-state index in [0.29, 0.717) is 21.1 Å². The van der Waals surface area contributed by atoms with Crippen molar-refractivity contribution in [1.29, 1.82) is 0 Å². The minimum atomic E-state index is -0.539. The Labute approximate surface area is 171 Å². The number of ether oxygens (including phenoxy) is 1. The van der Waals surface area contributed by atoms with Gasteiger partial charge in [-0.1, -0.05) is 51.5 Å². The molecule has 2 aromatic carbocycles. The van der Waals surface area contributed by atoms with Gasteiger partial charge in [-0.25, -0.2) is 0 Å². The van der Waals surface area contributed by atoms with Crippen molar-refractivity contribution in [3.8, 4) is 17.1 Å². The van der Waals surface area contributed by atoms with Gasteiger partial charge < -0.3 is 10.5 Å². The summed E-state index contributed by atoms with van der Waals surface area (Å²) in [7, 11) is 0. The van der Waals surface area contributed by atoms with Gasteiger partial charge in [0.2, 0.25) is 4.96 Å². The second-order valence-electron chi connectivity index (χ2n) is 5.85. The summed E-state index contributed by atoms with van der Waals surface area (Å²) in [5.74, 6) is 0.486. The molecule has 0 spiro atoms. The summed E-state index contributed by atoms with van der Waals surface area (Å²) >= 11 is 4.75. The van der Waals surface area contributed by atoms with Crippen LogP contribution in [0.15, 0.2) is 57.8 Å². The zero-order valence-electron chi connectivity index (χ0n) is 14.3. The molecule has 28 heavy (non-hydrogen) atoms. The third kappa shape index (κ3) is 3.67. The number of thiazole rings is 1. The Bertz CT molecular complexity index is 1280. The maximum Gasteiger partial charge on any atom is 0.291 e. The van der Waals surface area contributed by atoms with Gasteiger partial charge in [-0.3, -0.25) is 9.59 Å². The number of hydrogen-bond donors (Lipinski definition) is 1. The van der Waals surface area contributed by atoms with E-state index in [1.54, 1.807) is 30.3 Å². The average Bonchev–Trinajstić information content (AvgIpc) is 3.21. The molecule has 0 aliphatic rings. The quantitative estimate of drug-likeness (QED) is 0.494. The van der Waals surface area contributed by atoms with Crippen LogP contribution in [0.2, 0.25) is 0 Å². The van der Waals surface area contributed by atoms with Gasteiger partial charge >= 0.3 is 0 Å². The SMILES string of the molecule is NC(=O)COc1ccc(/C=c2\sc3nc(-c4ccccc4Br)nn3c2=O)cc1. The minimum absolute atomic E-state index is 0.179. The van der Waals surface area contributed by atoms with Crippen molar-refractivity contribution in [2.24, 2.45) is 5.73 Å². The molecule has 140 valence electrons. The Morgan fingerprint density at radius 2 is 1.96 bits per heavy atom. The lowest BCUT2D eigenvalue weighted by Gasteiger charge is -2.03. The van der Waals surface area contributed by atoms with E-state index in [1.165, 1.54) is 15.9 Å². The van der Waals surface area contributed by atoms with Crippen LogP contribution in [0, 0.1) is 0 Å². The highest BCUT2D eigenvalue weighted by atomic mass is 79.9. The number of halogens is 1. The van der Waals surface area contributed by atoms with E-state index in [9.17, 15) is 9.59 Å². The Morgan fingerprint density at radius 3 is 2.64 bits per heavy atom. The number of carbonyl (C=O) groups excluding carboxylic acids is 1. The van der Waals surface area contributed by atoms with Gasteiger partial charge in [-0.15, -0.1) is 5.10 Å². The summed E-state index contributed by atoms with van der Waals surface area (Å²) in [6, 6.07) is 14.6. The highest BCUT2D eigenvalue weighted by Gasteiger charge is 2.13. The van der Waals surface area contributed by atoms with Crippen LogP contribution in [0.25, 0.3) is 22.4 Å². The molecule has 4 rings (SSSR count). The fourth-order valence-electron chi connectivity index (χ4n) is 2.56. The number of nitrogens with zero attached hydrogens (tertiary/aromatic N) is 3. The van der Waals surface area contributed by atoms with Crippen LogP contribution in [0.1, 0.15) is 5.56 Å². The first-order chi connectivity index (χ1) is 13.5. The fraction of sp³-hybridized carbons (Fsp3) is 0.0526. The number of carbonyl (C=O) groups is 1. The second kappa shape index (κ2) is 7.53. The van der Waals surface area contributed by atoms with E-state index in [4.69, 9.17) is 10.5 Å². The van der Waals surface area contributed by atoms with Crippen molar-refractivity contribution in [1.82, 2.24) is 14.6 Å². The molecule has 0 saturated heterocycles. The number of amides is 1. The van der Waals surface area contributed by atoms with Crippen LogP contribution in [0.3, 0.4) is 0 Å². The van der Waals surface area contributed by atoms with Crippen molar-refractivity contribution in [2.45, 2.75) is 0 Å². The van der Waals surface area contributed by atoms with Gasteiger partial charge in [0.1, 0.15) is 5.75 Å². The van der Waals surface area contributed by atoms with E-state index in [0.717, 1.165) is 15.6 Å². The summed E-state index contributed by atoms with van der Waals surface area (Å²) in [6.07, 6.45) is 1.76. The van der Waals surface area contributed by atoms with Gasteiger partial charge in [0, 0.05) is 10.0 Å². The smallest absolute Gasteiger partial charge is 0.291 e. The third-order valence-corrected chi connectivity index (χ3v) is 5.51. The van der Waals surface area contributed by atoms with E-state index < -0.39 is 5.91 Å². The molecule has 9 heteroatoms. The monoisotopic (exact) mass is 456 g/mol. The van der Waals surface area contributed by atoms with Crippen molar-refractivity contribution >= 4 is 44.2 Å². The number of fused-ring (bicyclic) bond motifs is 1. The molecule has 0 unspecified atom stereocenters. The average molecular weight is 457 g/mol. The second-order valence-corrected chi connectivity index (χ2v) is 7.71. The molecule has 0 radical (unpaired) electrons. The lowest BCUT2D eigenvalue weighted by molar-refractivity contribution is -0.119. The van der Waals surface area contributed by atoms with Crippen molar-refractivity contribution in [3.05, 3.63) is 73.5 Å². The maximum atomic E-state index is 12.7. The number of rotatable bonds is 5. The van der Waals surface area contributed by atoms with Crippen LogP contribution in [-0.2, 0) is 4.79 Å². The molecule has 0 fully saturated rings. The molecule has 0 aliphatic heterocycles. The fourth-order valence-corrected chi connectivity index (χ4v) is 3.93. The first-order valence-corrected chi connectivity index (χ1v) is 9.79. The first-order valence-electron chi connectivity index (χ1n) is 8.18. The van der Waals surface area contributed by atoms with Gasteiger partial charge in [-0.05, 0) is 35.9 Å². The number of nitrogens with two attached hydrogens (primary N) is 1. The predicted molar refractivity (Wildman–Crippen MR) is 110 cm³/mol. The zero-order valence-corrected chi connectivity index (χ0v) is 16.7. The Hall–Kier alpha value is -3.04. The van der Waals surface area contributed by atoms with Crippen molar-refractivity contribution in [3.63, 3.8) is 0 Å². The molecule has 0 saturated carbocycles. The number of primary amides is 1. The van der Waals surface area contributed by atoms with E-state index in [1.807, 2.05) is 24.3 Å². The standard InChI is InChI=1S/C19H13BrN4O3S/c20-14-4-2-1-3-13(14)17-22-19-24(23-17)18(26)15(28-19)9-11-5-7-12(8-6-11)27-10-16(21)25/h1-9H,10H2,(H2,21,25)/b15-9-. The molecular weight excluding hydrogens is 444 g/mol. The zero-order chi connectivity index (χ0) is 19.7. The topological polar surface area (TPSA) is 99.6 Å². The molecule has 2 aromatic heterocycles. The summed E-state index contributed by atoms with van der Waals surface area (Å²) < 4.78 is 7.93. The molecule has 1 amide bonds. The summed E-state index contributed by atoms with van der Waals surface area (Å²) in [6.45, 7) is -0.179. The Morgan fingerprint density at radius 1 is 1.21 bits per heavy atom. The number of benzene rings is 2. The largest absolute Gasteiger partial charge is 0.484 e. The maximum absolute atomic E-state index is 12.7. The summed E-state index contributed by atoms with van der Waals surface area (Å²) in [4.78, 5) is 28.4. The van der Waals surface area contributed by atoms with Gasteiger partial charge in [-0.2, -0.15) is 9.50 Å². The van der Waals surface area contributed by atoms with Crippen molar-refractivity contribution < 1.29 is 9.53 Å². The highest BCUT2D eigenvalue weighted by molar-refractivity contribution is 9.10. The highest BCUT2D eigenvalue weighted by Crippen LogP contribution is 2.25. The first kappa shape index (κ1) is 18.3. The molecule has 2 heterocycles. The Balaban J connectivity index is 1.65. The van der Waals surface area contributed by atoms with E-state index >= 15 is 0 Å². The van der Waals surface area contributed by atoms with Gasteiger partial charge in [0.15, 0.2) is 12.4 Å². The molecule has 7 nitrogen and oxygen atoms in total. The summed E-state index contributed by atoms with van der Waals surface area (Å²) in [5, 5.41) is 4.35. The van der Waals surface area contributed by atoms with Crippen LogP contribution in [0.5, 0.6) is 5.75 Å². The van der Waals surface area contributed by atoms with Crippen LogP contribution in [0.4, 0.5) is 0 Å². The molecule has 0 atom stereocenters. The number of hydrogen-bond acceptors (Lipinski definition) is 6. The summed E-state index contributed by atoms with van der Waals surface area (Å²) in [5.41, 5.74) is 6.48. The van der Waals surface area contributed by atoms with Crippen LogP contribution in [-0.4, -0.2) is 27.1 Å². The lowest BCUT2D eigenvalue weighted by Crippen LogP contribution is -2.23. The molecule has 4 aromatic rings. The van der Waals surface area contributed by atoms with E-state index in [2.05, 4.69) is 26.0 Å². The molecular formula is C19H13BrN4O3S. The third-order valence-electron chi connectivity index (χ3n) is 3.86. The van der Waals surface area contributed by atoms with Crippen LogP contribution >= 0.6 is 27.3 Å². The minimum Gasteiger partial charge on any atom is -0.484 e. The van der Waals surface area contributed by atoms with Crippen molar-refractivity contribution in [2.75, 3.05) is 6.61 Å². The van der Waals surface area contributed by atoms with Gasteiger partial charge in [0.25, 0.3) is 11.5 Å². The molecule has 0 bridgehead atoms. The van der Waals surface area contributed by atoms with E-state index in [-0.39, 0.29) is 12.2 Å². The Kier molecular flexibility index (Phi) is 4.93. The lowest BCUT2D eigenvalue weighted by atomic mass is 10.2. The molecule has 0 aliphatic carbocycles.